The molecule has 2 rings (SSSR count). The first kappa shape index (κ1) is 13.3. The van der Waals surface area contributed by atoms with Crippen molar-refractivity contribution < 1.29 is 0 Å². The maximum atomic E-state index is 4.25. The fraction of sp³-hybridized carbons (Fsp3) is 0.125. The van der Waals surface area contributed by atoms with Crippen LogP contribution in [0, 0.1) is 0 Å². The van der Waals surface area contributed by atoms with Crippen LogP contribution in [0.4, 0.5) is 0 Å². The highest BCUT2D eigenvalue weighted by molar-refractivity contribution is 7.79. The van der Waals surface area contributed by atoms with E-state index in [0.717, 1.165) is 11.5 Å². The fourth-order valence-electron chi connectivity index (χ4n) is 1.66. The molecule has 0 nitrogen and oxygen atoms in total. The average Bonchev–Trinajstić information content (AvgIpc) is 2.46. The zero-order valence-corrected chi connectivity index (χ0v) is 11.9. The lowest BCUT2D eigenvalue weighted by molar-refractivity contribution is 1.42. The third kappa shape index (κ3) is 3.69. The molecule has 0 aliphatic rings. The quantitative estimate of drug-likeness (QED) is 0.584. The van der Waals surface area contributed by atoms with Crippen LogP contribution in [0.3, 0.4) is 0 Å². The average molecular weight is 272 g/mol. The fourth-order valence-corrected chi connectivity index (χ4v) is 2.08. The highest BCUT2D eigenvalue weighted by Crippen LogP contribution is 2.12. The van der Waals surface area contributed by atoms with Crippen LogP contribution in [0.25, 0.3) is 12.2 Å². The minimum Gasteiger partial charge on any atom is -0.175 e. The van der Waals surface area contributed by atoms with E-state index in [1.807, 2.05) is 0 Å². The lowest BCUT2D eigenvalue weighted by atomic mass is 10.1. The van der Waals surface area contributed by atoms with E-state index in [1.165, 1.54) is 22.3 Å². The van der Waals surface area contributed by atoms with E-state index in [2.05, 4.69) is 85.9 Å². The van der Waals surface area contributed by atoms with Gasteiger partial charge in [0.15, 0.2) is 0 Å². The van der Waals surface area contributed by atoms with Crippen molar-refractivity contribution in [3.05, 3.63) is 70.8 Å². The second-order valence-electron chi connectivity index (χ2n) is 4.13. The standard InChI is InChI=1S/C16H16S2/c17-11-15-7-3-13(4-8-15)1-2-14-5-9-16(12-18)10-6-14/h1-10,17-18H,11-12H2. The van der Waals surface area contributed by atoms with Gasteiger partial charge in [-0.25, -0.2) is 0 Å². The Bertz CT molecular complexity index is 460. The smallest absolute Gasteiger partial charge is 0.0154 e. The van der Waals surface area contributed by atoms with Gasteiger partial charge in [-0.05, 0) is 22.3 Å². The molecule has 0 N–H and O–H groups in total. The van der Waals surface area contributed by atoms with E-state index >= 15 is 0 Å². The van der Waals surface area contributed by atoms with Gasteiger partial charge >= 0.3 is 0 Å². The third-order valence-corrected chi connectivity index (χ3v) is 3.52. The van der Waals surface area contributed by atoms with Crippen molar-refractivity contribution in [2.75, 3.05) is 0 Å². The number of benzene rings is 2. The number of thiol groups is 2. The van der Waals surface area contributed by atoms with Crippen LogP contribution < -0.4 is 0 Å². The van der Waals surface area contributed by atoms with Crippen LogP contribution in [-0.4, -0.2) is 0 Å². The van der Waals surface area contributed by atoms with Gasteiger partial charge in [0.2, 0.25) is 0 Å². The van der Waals surface area contributed by atoms with Crippen LogP contribution in [0.2, 0.25) is 0 Å². The highest BCUT2D eigenvalue weighted by atomic mass is 32.1. The highest BCUT2D eigenvalue weighted by Gasteiger charge is 1.91. The van der Waals surface area contributed by atoms with Crippen LogP contribution >= 0.6 is 25.3 Å². The first-order valence-electron chi connectivity index (χ1n) is 5.89. The Morgan fingerprint density at radius 1 is 0.611 bits per heavy atom. The van der Waals surface area contributed by atoms with Crippen LogP contribution in [-0.2, 0) is 11.5 Å². The van der Waals surface area contributed by atoms with E-state index < -0.39 is 0 Å². The summed E-state index contributed by atoms with van der Waals surface area (Å²) >= 11 is 8.50. The van der Waals surface area contributed by atoms with Crippen molar-refractivity contribution in [1.82, 2.24) is 0 Å². The van der Waals surface area contributed by atoms with Gasteiger partial charge in [-0.15, -0.1) is 0 Å². The minimum absolute atomic E-state index is 0.787. The predicted octanol–water partition coefficient (Wildman–Crippen LogP) is 4.72. The maximum absolute atomic E-state index is 4.25. The predicted molar refractivity (Wildman–Crippen MR) is 87.2 cm³/mol. The normalized spacial score (nSPS) is 11.0. The Hall–Kier alpha value is -1.12. The molecular formula is C16H16S2. The Morgan fingerprint density at radius 3 is 1.22 bits per heavy atom. The summed E-state index contributed by atoms with van der Waals surface area (Å²) in [7, 11) is 0. The maximum Gasteiger partial charge on any atom is 0.0154 e. The Balaban J connectivity index is 2.08. The van der Waals surface area contributed by atoms with Crippen LogP contribution in [0.15, 0.2) is 48.5 Å². The Kier molecular flexibility index (Phi) is 4.97. The largest absolute Gasteiger partial charge is 0.175 e. The molecule has 92 valence electrons. The van der Waals surface area contributed by atoms with Gasteiger partial charge < -0.3 is 0 Å². The van der Waals surface area contributed by atoms with Gasteiger partial charge in [0.1, 0.15) is 0 Å². The molecule has 0 spiro atoms. The van der Waals surface area contributed by atoms with Crippen molar-refractivity contribution in [2.45, 2.75) is 11.5 Å². The summed E-state index contributed by atoms with van der Waals surface area (Å²) in [6.45, 7) is 0. The molecule has 0 fully saturated rings. The molecule has 0 aliphatic heterocycles. The van der Waals surface area contributed by atoms with Crippen LogP contribution in [0.5, 0.6) is 0 Å². The molecular weight excluding hydrogens is 256 g/mol. The van der Waals surface area contributed by atoms with Crippen molar-refractivity contribution >= 4 is 37.4 Å². The lowest BCUT2D eigenvalue weighted by Crippen LogP contribution is -1.79. The first-order valence-corrected chi connectivity index (χ1v) is 7.16. The van der Waals surface area contributed by atoms with Gasteiger partial charge in [-0.3, -0.25) is 0 Å². The molecule has 18 heavy (non-hydrogen) atoms. The van der Waals surface area contributed by atoms with Crippen LogP contribution in [0.1, 0.15) is 22.3 Å². The molecule has 0 radical (unpaired) electrons. The van der Waals surface area contributed by atoms with Gasteiger partial charge in [-0.1, -0.05) is 60.7 Å². The van der Waals surface area contributed by atoms with Crippen molar-refractivity contribution in [2.24, 2.45) is 0 Å². The van der Waals surface area contributed by atoms with E-state index in [1.54, 1.807) is 0 Å². The zero-order chi connectivity index (χ0) is 12.8. The van der Waals surface area contributed by atoms with Crippen molar-refractivity contribution in [1.29, 1.82) is 0 Å². The number of hydrogen-bond donors (Lipinski definition) is 2. The lowest BCUT2D eigenvalue weighted by Gasteiger charge is -1.99. The van der Waals surface area contributed by atoms with E-state index in [-0.39, 0.29) is 0 Å². The zero-order valence-electron chi connectivity index (χ0n) is 10.1. The third-order valence-electron chi connectivity index (χ3n) is 2.79. The van der Waals surface area contributed by atoms with Gasteiger partial charge in [0.25, 0.3) is 0 Å². The molecule has 2 heteroatoms. The molecule has 0 bridgehead atoms. The van der Waals surface area contributed by atoms with E-state index in [9.17, 15) is 0 Å². The molecule has 0 aromatic heterocycles. The molecule has 0 amide bonds. The molecule has 2 aromatic carbocycles. The molecule has 0 aliphatic carbocycles. The van der Waals surface area contributed by atoms with Crippen molar-refractivity contribution in [3.8, 4) is 0 Å². The van der Waals surface area contributed by atoms with Crippen molar-refractivity contribution in [3.63, 3.8) is 0 Å². The summed E-state index contributed by atoms with van der Waals surface area (Å²) in [5.74, 6) is 1.57. The molecule has 0 heterocycles. The molecule has 0 atom stereocenters. The van der Waals surface area contributed by atoms with E-state index in [4.69, 9.17) is 0 Å². The summed E-state index contributed by atoms with van der Waals surface area (Å²) in [6, 6.07) is 16.9. The topological polar surface area (TPSA) is 0 Å². The van der Waals surface area contributed by atoms with Gasteiger partial charge in [-0.2, -0.15) is 25.3 Å². The number of rotatable bonds is 4. The van der Waals surface area contributed by atoms with Gasteiger partial charge in [0.05, 0.1) is 0 Å². The monoisotopic (exact) mass is 272 g/mol. The first-order chi connectivity index (χ1) is 8.81. The summed E-state index contributed by atoms with van der Waals surface area (Å²) in [5.41, 5.74) is 4.90. The molecule has 0 saturated carbocycles. The second-order valence-corrected chi connectivity index (χ2v) is 4.77. The summed E-state index contributed by atoms with van der Waals surface area (Å²) < 4.78 is 0. The Labute approximate surface area is 120 Å². The SMILES string of the molecule is SCc1ccc(C=Cc2ccc(CS)cc2)cc1. The summed E-state index contributed by atoms with van der Waals surface area (Å²) in [4.78, 5) is 0. The Morgan fingerprint density at radius 2 is 0.944 bits per heavy atom. The van der Waals surface area contributed by atoms with E-state index in [0.29, 0.717) is 0 Å². The number of hydrogen-bond acceptors (Lipinski definition) is 2. The summed E-state index contributed by atoms with van der Waals surface area (Å²) in [6.07, 6.45) is 4.25. The summed E-state index contributed by atoms with van der Waals surface area (Å²) in [5, 5.41) is 0. The molecule has 0 saturated heterocycles. The molecule has 2 aromatic rings. The minimum atomic E-state index is 0.787. The molecule has 0 unspecified atom stereocenters. The van der Waals surface area contributed by atoms with Gasteiger partial charge in [0, 0.05) is 11.5 Å². The second kappa shape index (κ2) is 6.72.